The van der Waals surface area contributed by atoms with E-state index in [1.807, 2.05) is 49.9 Å². The number of carbonyl (C=O) groups excluding carboxylic acids is 1. The van der Waals surface area contributed by atoms with Crippen LogP contribution in [0.15, 0.2) is 48.5 Å². The second-order valence-corrected chi connectivity index (χ2v) is 9.16. The van der Waals surface area contributed by atoms with Crippen LogP contribution in [0.4, 0.5) is 4.79 Å². The normalized spacial score (nSPS) is 15.7. The number of likely N-dealkylation sites (tertiary alicyclic amines) is 1. The van der Waals surface area contributed by atoms with Crippen LogP contribution in [0.1, 0.15) is 45.1 Å². The van der Waals surface area contributed by atoms with Crippen molar-refractivity contribution >= 4 is 28.6 Å². The molecule has 0 atom stereocenters. The number of nitrogens with one attached hydrogen (secondary N) is 1. The first-order valence-electron chi connectivity index (χ1n) is 10.2. The lowest BCUT2D eigenvalue weighted by Crippen LogP contribution is -2.41. The van der Waals surface area contributed by atoms with Crippen molar-refractivity contribution in [2.45, 2.75) is 45.1 Å². The minimum Gasteiger partial charge on any atom is -0.444 e. The third-order valence-electron chi connectivity index (χ3n) is 5.43. The molecule has 1 aliphatic heterocycles. The summed E-state index contributed by atoms with van der Waals surface area (Å²) in [6, 6.07) is 16.6. The molecular formula is C24H27ClN2O2. The number of amides is 1. The number of aromatic nitrogens is 1. The maximum absolute atomic E-state index is 12.3. The molecular weight excluding hydrogens is 384 g/mol. The lowest BCUT2D eigenvalue weighted by atomic mass is 9.89. The Bertz CT molecular complexity index is 1030. The van der Waals surface area contributed by atoms with Crippen LogP contribution in [0, 0.1) is 0 Å². The molecule has 29 heavy (non-hydrogen) atoms. The standard InChI is InChI=1S/C24H27ClN2O2/c1-24(2,3)29-23(28)27-12-10-16(11-13-27)17-8-9-21-18(14-17)15-22(26-21)19-6-4-5-7-20(19)25/h4-9,14-16,26H,10-13H2,1-3H3. The molecule has 1 N–H and O–H groups in total. The predicted octanol–water partition coefficient (Wildman–Crippen LogP) is 6.60. The van der Waals surface area contributed by atoms with Crippen molar-refractivity contribution in [3.63, 3.8) is 0 Å². The highest BCUT2D eigenvalue weighted by Crippen LogP contribution is 2.34. The molecule has 5 heteroatoms. The Labute approximate surface area is 176 Å². The third kappa shape index (κ3) is 4.43. The summed E-state index contributed by atoms with van der Waals surface area (Å²) in [5.41, 5.74) is 4.02. The van der Waals surface area contributed by atoms with Gasteiger partial charge in [-0.25, -0.2) is 4.79 Å². The monoisotopic (exact) mass is 410 g/mol. The molecule has 152 valence electrons. The zero-order chi connectivity index (χ0) is 20.6. The quantitative estimate of drug-likeness (QED) is 0.517. The van der Waals surface area contributed by atoms with Gasteiger partial charge in [0.05, 0.1) is 0 Å². The van der Waals surface area contributed by atoms with Crippen molar-refractivity contribution in [3.8, 4) is 11.3 Å². The van der Waals surface area contributed by atoms with Gasteiger partial charge < -0.3 is 14.6 Å². The van der Waals surface area contributed by atoms with E-state index in [0.29, 0.717) is 5.92 Å². The van der Waals surface area contributed by atoms with Gasteiger partial charge in [0.2, 0.25) is 0 Å². The number of hydrogen-bond donors (Lipinski definition) is 1. The zero-order valence-electron chi connectivity index (χ0n) is 17.2. The van der Waals surface area contributed by atoms with E-state index in [1.54, 1.807) is 0 Å². The largest absolute Gasteiger partial charge is 0.444 e. The van der Waals surface area contributed by atoms with E-state index >= 15 is 0 Å². The summed E-state index contributed by atoms with van der Waals surface area (Å²) in [6.45, 7) is 7.17. The summed E-state index contributed by atoms with van der Waals surface area (Å²) < 4.78 is 5.50. The number of hydrogen-bond acceptors (Lipinski definition) is 2. The van der Waals surface area contributed by atoms with Gasteiger partial charge in [-0.2, -0.15) is 0 Å². The number of piperidine rings is 1. The highest BCUT2D eigenvalue weighted by atomic mass is 35.5. The Kier molecular flexibility index (Phi) is 5.30. The summed E-state index contributed by atoms with van der Waals surface area (Å²) in [5.74, 6) is 0.455. The molecule has 0 unspecified atom stereocenters. The van der Waals surface area contributed by atoms with Crippen molar-refractivity contribution in [1.82, 2.24) is 9.88 Å². The van der Waals surface area contributed by atoms with Gasteiger partial charge in [-0.3, -0.25) is 0 Å². The summed E-state index contributed by atoms with van der Waals surface area (Å²) in [6.07, 6.45) is 1.69. The molecule has 2 heterocycles. The number of rotatable bonds is 2. The van der Waals surface area contributed by atoms with Crippen molar-refractivity contribution < 1.29 is 9.53 Å². The van der Waals surface area contributed by atoms with Gasteiger partial charge in [0, 0.05) is 40.3 Å². The highest BCUT2D eigenvalue weighted by molar-refractivity contribution is 6.33. The molecule has 4 rings (SSSR count). The van der Waals surface area contributed by atoms with E-state index in [4.69, 9.17) is 16.3 Å². The number of halogens is 1. The van der Waals surface area contributed by atoms with E-state index in [9.17, 15) is 4.79 Å². The average molecular weight is 411 g/mol. The van der Waals surface area contributed by atoms with Crippen LogP contribution in [0.2, 0.25) is 5.02 Å². The topological polar surface area (TPSA) is 45.3 Å². The number of ether oxygens (including phenoxy) is 1. The Balaban J connectivity index is 1.48. The predicted molar refractivity (Wildman–Crippen MR) is 119 cm³/mol. The van der Waals surface area contributed by atoms with Crippen molar-refractivity contribution in [2.75, 3.05) is 13.1 Å². The van der Waals surface area contributed by atoms with Crippen LogP contribution in [0.5, 0.6) is 0 Å². The van der Waals surface area contributed by atoms with Crippen molar-refractivity contribution in [1.29, 1.82) is 0 Å². The van der Waals surface area contributed by atoms with E-state index in [-0.39, 0.29) is 6.09 Å². The molecule has 3 aromatic rings. The van der Waals surface area contributed by atoms with Gasteiger partial charge in [0.25, 0.3) is 0 Å². The Morgan fingerprint density at radius 2 is 1.83 bits per heavy atom. The molecule has 0 spiro atoms. The number of benzene rings is 2. The zero-order valence-corrected chi connectivity index (χ0v) is 17.9. The molecule has 0 aliphatic carbocycles. The highest BCUT2D eigenvalue weighted by Gasteiger charge is 2.27. The van der Waals surface area contributed by atoms with Crippen LogP contribution in [-0.4, -0.2) is 34.7 Å². The molecule has 0 saturated carbocycles. The van der Waals surface area contributed by atoms with Crippen molar-refractivity contribution in [3.05, 3.63) is 59.1 Å². The molecule has 0 bridgehead atoms. The minimum absolute atomic E-state index is 0.207. The fraction of sp³-hybridized carbons (Fsp3) is 0.375. The van der Waals surface area contributed by atoms with E-state index in [1.165, 1.54) is 10.9 Å². The molecule has 1 aliphatic rings. The van der Waals surface area contributed by atoms with Gasteiger partial charge in [0.15, 0.2) is 0 Å². The van der Waals surface area contributed by atoms with E-state index < -0.39 is 5.60 Å². The molecule has 4 nitrogen and oxygen atoms in total. The van der Waals surface area contributed by atoms with Crippen molar-refractivity contribution in [2.24, 2.45) is 0 Å². The summed E-state index contributed by atoms with van der Waals surface area (Å²) in [4.78, 5) is 17.6. The number of nitrogens with zero attached hydrogens (tertiary/aromatic N) is 1. The summed E-state index contributed by atoms with van der Waals surface area (Å²) in [5, 5.41) is 1.93. The molecule has 0 radical (unpaired) electrons. The smallest absolute Gasteiger partial charge is 0.410 e. The van der Waals surface area contributed by atoms with Crippen LogP contribution >= 0.6 is 11.6 Å². The Hall–Kier alpha value is -2.46. The molecule has 1 amide bonds. The average Bonchev–Trinajstić information content (AvgIpc) is 3.10. The first-order valence-corrected chi connectivity index (χ1v) is 10.5. The second kappa shape index (κ2) is 7.75. The fourth-order valence-corrected chi connectivity index (χ4v) is 4.19. The molecule has 1 saturated heterocycles. The molecule has 1 fully saturated rings. The Morgan fingerprint density at radius 3 is 2.52 bits per heavy atom. The van der Waals surface area contributed by atoms with E-state index in [2.05, 4.69) is 29.2 Å². The van der Waals surface area contributed by atoms with Crippen LogP contribution in [0.25, 0.3) is 22.2 Å². The van der Waals surface area contributed by atoms with Crippen LogP contribution < -0.4 is 0 Å². The van der Waals surface area contributed by atoms with Gasteiger partial charge in [-0.05, 0) is 69.4 Å². The molecule has 2 aromatic carbocycles. The number of aromatic amines is 1. The van der Waals surface area contributed by atoms with Crippen LogP contribution in [-0.2, 0) is 4.74 Å². The van der Waals surface area contributed by atoms with Crippen LogP contribution in [0.3, 0.4) is 0 Å². The van der Waals surface area contributed by atoms with Gasteiger partial charge in [-0.15, -0.1) is 0 Å². The van der Waals surface area contributed by atoms with Gasteiger partial charge >= 0.3 is 6.09 Å². The summed E-state index contributed by atoms with van der Waals surface area (Å²) >= 11 is 6.36. The van der Waals surface area contributed by atoms with Gasteiger partial charge in [0.1, 0.15) is 5.60 Å². The van der Waals surface area contributed by atoms with E-state index in [0.717, 1.165) is 47.7 Å². The first-order chi connectivity index (χ1) is 13.8. The Morgan fingerprint density at radius 1 is 1.10 bits per heavy atom. The maximum Gasteiger partial charge on any atom is 0.410 e. The minimum atomic E-state index is -0.452. The fourth-order valence-electron chi connectivity index (χ4n) is 3.95. The summed E-state index contributed by atoms with van der Waals surface area (Å²) in [7, 11) is 0. The molecule has 1 aromatic heterocycles. The number of carbonyl (C=O) groups is 1. The van der Waals surface area contributed by atoms with Gasteiger partial charge in [-0.1, -0.05) is 35.9 Å². The number of H-pyrrole nitrogens is 1. The second-order valence-electron chi connectivity index (χ2n) is 8.75. The lowest BCUT2D eigenvalue weighted by Gasteiger charge is -2.33. The maximum atomic E-state index is 12.3. The number of fused-ring (bicyclic) bond motifs is 1. The third-order valence-corrected chi connectivity index (χ3v) is 5.76. The lowest BCUT2D eigenvalue weighted by molar-refractivity contribution is 0.0205. The SMILES string of the molecule is CC(C)(C)OC(=O)N1CCC(c2ccc3[nH]c(-c4ccccc4Cl)cc3c2)CC1. The first kappa shape index (κ1) is 19.8.